The first-order valence-corrected chi connectivity index (χ1v) is 4.65. The number of hydrogen-bond donors (Lipinski definition) is 1. The van der Waals surface area contributed by atoms with Gasteiger partial charge in [0.15, 0.2) is 0 Å². The van der Waals surface area contributed by atoms with Crippen LogP contribution >= 0.6 is 0 Å². The standard InChI is InChI=1S/C11H13FN2O/c1-14(4-5-15)8-10-3-2-9(7-13)6-11(10)12/h2-3,6,15H,4-5,8H2,1H3. The monoisotopic (exact) mass is 208 g/mol. The van der Waals surface area contributed by atoms with Crippen molar-refractivity contribution in [2.24, 2.45) is 0 Å². The number of hydrogen-bond acceptors (Lipinski definition) is 3. The lowest BCUT2D eigenvalue weighted by atomic mass is 10.1. The van der Waals surface area contributed by atoms with Crippen LogP contribution in [0, 0.1) is 17.1 Å². The smallest absolute Gasteiger partial charge is 0.129 e. The van der Waals surface area contributed by atoms with Gasteiger partial charge in [0.25, 0.3) is 0 Å². The average Bonchev–Trinajstić information content (AvgIpc) is 2.21. The molecule has 0 fully saturated rings. The van der Waals surface area contributed by atoms with Crippen LogP contribution in [0.4, 0.5) is 4.39 Å². The highest BCUT2D eigenvalue weighted by Crippen LogP contribution is 2.11. The SMILES string of the molecule is CN(CCO)Cc1ccc(C#N)cc1F. The van der Waals surface area contributed by atoms with Gasteiger partial charge in [0.2, 0.25) is 0 Å². The van der Waals surface area contributed by atoms with Gasteiger partial charge in [0.05, 0.1) is 18.2 Å². The van der Waals surface area contributed by atoms with E-state index < -0.39 is 0 Å². The molecule has 0 amide bonds. The lowest BCUT2D eigenvalue weighted by Gasteiger charge is -2.15. The molecular weight excluding hydrogens is 195 g/mol. The molecule has 0 heterocycles. The summed E-state index contributed by atoms with van der Waals surface area (Å²) in [5.74, 6) is -0.376. The third kappa shape index (κ3) is 3.31. The largest absolute Gasteiger partial charge is 0.395 e. The van der Waals surface area contributed by atoms with E-state index in [-0.39, 0.29) is 12.4 Å². The van der Waals surface area contributed by atoms with Gasteiger partial charge in [0, 0.05) is 18.7 Å². The van der Waals surface area contributed by atoms with Crippen molar-refractivity contribution in [3.05, 3.63) is 35.1 Å². The number of nitriles is 1. The first-order valence-electron chi connectivity index (χ1n) is 4.65. The van der Waals surface area contributed by atoms with Crippen LogP contribution in [-0.4, -0.2) is 30.2 Å². The summed E-state index contributed by atoms with van der Waals surface area (Å²) < 4.78 is 13.4. The zero-order valence-corrected chi connectivity index (χ0v) is 8.57. The highest BCUT2D eigenvalue weighted by atomic mass is 19.1. The molecule has 1 rings (SSSR count). The van der Waals surface area contributed by atoms with Crippen LogP contribution in [-0.2, 0) is 6.54 Å². The van der Waals surface area contributed by atoms with Gasteiger partial charge in [-0.1, -0.05) is 6.07 Å². The number of aliphatic hydroxyl groups excluding tert-OH is 1. The summed E-state index contributed by atoms with van der Waals surface area (Å²) in [7, 11) is 1.80. The molecule has 0 aliphatic rings. The second-order valence-electron chi connectivity index (χ2n) is 3.38. The Morgan fingerprint density at radius 2 is 2.27 bits per heavy atom. The molecule has 0 atom stereocenters. The molecule has 1 N–H and O–H groups in total. The molecule has 15 heavy (non-hydrogen) atoms. The van der Waals surface area contributed by atoms with E-state index in [1.54, 1.807) is 19.2 Å². The van der Waals surface area contributed by atoms with Crippen LogP contribution < -0.4 is 0 Å². The second kappa shape index (κ2) is 5.44. The van der Waals surface area contributed by atoms with Gasteiger partial charge in [0.1, 0.15) is 5.82 Å². The minimum Gasteiger partial charge on any atom is -0.395 e. The van der Waals surface area contributed by atoms with E-state index in [1.165, 1.54) is 6.07 Å². The van der Waals surface area contributed by atoms with Gasteiger partial charge in [-0.25, -0.2) is 4.39 Å². The molecule has 0 bridgehead atoms. The molecule has 1 aromatic rings. The van der Waals surface area contributed by atoms with Crippen molar-refractivity contribution in [3.8, 4) is 6.07 Å². The number of nitrogens with zero attached hydrogens (tertiary/aromatic N) is 2. The van der Waals surface area contributed by atoms with E-state index in [1.807, 2.05) is 11.0 Å². The Hall–Kier alpha value is -1.44. The van der Waals surface area contributed by atoms with Crippen molar-refractivity contribution in [1.29, 1.82) is 5.26 Å². The van der Waals surface area contributed by atoms with Crippen molar-refractivity contribution in [2.75, 3.05) is 20.2 Å². The first kappa shape index (κ1) is 11.6. The Labute approximate surface area is 88.4 Å². The molecule has 80 valence electrons. The molecule has 4 heteroatoms. The summed E-state index contributed by atoms with van der Waals surface area (Å²) in [6.07, 6.45) is 0. The third-order valence-electron chi connectivity index (χ3n) is 2.10. The maximum absolute atomic E-state index is 13.4. The number of rotatable bonds is 4. The minimum absolute atomic E-state index is 0.0500. The van der Waals surface area contributed by atoms with Crippen LogP contribution in [0.3, 0.4) is 0 Å². The van der Waals surface area contributed by atoms with Crippen LogP contribution in [0.2, 0.25) is 0 Å². The van der Waals surface area contributed by atoms with Crippen molar-refractivity contribution in [3.63, 3.8) is 0 Å². The topological polar surface area (TPSA) is 47.3 Å². The fourth-order valence-electron chi connectivity index (χ4n) is 1.29. The van der Waals surface area contributed by atoms with E-state index in [9.17, 15) is 4.39 Å². The molecular formula is C11H13FN2O. The summed E-state index contributed by atoms with van der Waals surface area (Å²) in [6, 6.07) is 6.29. The lowest BCUT2D eigenvalue weighted by Crippen LogP contribution is -2.22. The quantitative estimate of drug-likeness (QED) is 0.806. The average molecular weight is 208 g/mol. The number of benzene rings is 1. The Morgan fingerprint density at radius 1 is 1.53 bits per heavy atom. The summed E-state index contributed by atoms with van der Waals surface area (Å²) >= 11 is 0. The minimum atomic E-state index is -0.376. The summed E-state index contributed by atoms with van der Waals surface area (Å²) in [6.45, 7) is 0.978. The Morgan fingerprint density at radius 3 is 2.80 bits per heavy atom. The zero-order chi connectivity index (χ0) is 11.3. The fourth-order valence-corrected chi connectivity index (χ4v) is 1.29. The highest BCUT2D eigenvalue weighted by Gasteiger charge is 2.06. The molecule has 0 saturated carbocycles. The van der Waals surface area contributed by atoms with Crippen LogP contribution in [0.25, 0.3) is 0 Å². The van der Waals surface area contributed by atoms with Crippen molar-refractivity contribution < 1.29 is 9.50 Å². The Bertz CT molecular complexity index is 373. The van der Waals surface area contributed by atoms with E-state index in [0.717, 1.165) is 0 Å². The van der Waals surface area contributed by atoms with Crippen molar-refractivity contribution in [1.82, 2.24) is 4.90 Å². The maximum Gasteiger partial charge on any atom is 0.129 e. The number of likely N-dealkylation sites (N-methyl/N-ethyl adjacent to an activating group) is 1. The van der Waals surface area contributed by atoms with Crippen LogP contribution in [0.15, 0.2) is 18.2 Å². The van der Waals surface area contributed by atoms with E-state index >= 15 is 0 Å². The van der Waals surface area contributed by atoms with Gasteiger partial charge in [-0.05, 0) is 19.2 Å². The van der Waals surface area contributed by atoms with Gasteiger partial charge >= 0.3 is 0 Å². The Balaban J connectivity index is 2.74. The van der Waals surface area contributed by atoms with Gasteiger partial charge < -0.3 is 5.11 Å². The van der Waals surface area contributed by atoms with Crippen molar-refractivity contribution >= 4 is 0 Å². The number of halogens is 1. The fraction of sp³-hybridized carbons (Fsp3) is 0.364. The molecule has 0 unspecified atom stereocenters. The Kier molecular flexibility index (Phi) is 4.22. The molecule has 0 aromatic heterocycles. The first-order chi connectivity index (χ1) is 7.17. The zero-order valence-electron chi connectivity index (χ0n) is 8.57. The van der Waals surface area contributed by atoms with Crippen LogP contribution in [0.1, 0.15) is 11.1 Å². The van der Waals surface area contributed by atoms with Gasteiger partial charge in [-0.2, -0.15) is 5.26 Å². The predicted octanol–water partition coefficient (Wildman–Crippen LogP) is 1.12. The summed E-state index contributed by atoms with van der Waals surface area (Å²) in [4.78, 5) is 1.81. The van der Waals surface area contributed by atoms with Gasteiger partial charge in [-0.15, -0.1) is 0 Å². The van der Waals surface area contributed by atoms with Crippen LogP contribution in [0.5, 0.6) is 0 Å². The molecule has 0 aliphatic heterocycles. The summed E-state index contributed by atoms with van der Waals surface area (Å²) in [5.41, 5.74) is 0.853. The normalized spacial score (nSPS) is 10.3. The van der Waals surface area contributed by atoms with E-state index in [4.69, 9.17) is 10.4 Å². The second-order valence-corrected chi connectivity index (χ2v) is 3.38. The third-order valence-corrected chi connectivity index (χ3v) is 2.10. The molecule has 0 saturated heterocycles. The molecule has 0 aliphatic carbocycles. The summed E-state index contributed by atoms with van der Waals surface area (Å²) in [5, 5.41) is 17.2. The molecule has 3 nitrogen and oxygen atoms in total. The molecule has 0 radical (unpaired) electrons. The van der Waals surface area contributed by atoms with E-state index in [2.05, 4.69) is 0 Å². The number of aliphatic hydroxyl groups is 1. The van der Waals surface area contributed by atoms with Gasteiger partial charge in [-0.3, -0.25) is 4.90 Å². The predicted molar refractivity (Wildman–Crippen MR) is 54.5 cm³/mol. The molecule has 0 spiro atoms. The maximum atomic E-state index is 13.4. The highest BCUT2D eigenvalue weighted by molar-refractivity contribution is 5.32. The lowest BCUT2D eigenvalue weighted by molar-refractivity contribution is 0.216. The van der Waals surface area contributed by atoms with Crippen molar-refractivity contribution in [2.45, 2.75) is 6.54 Å². The van der Waals surface area contributed by atoms with E-state index in [0.29, 0.717) is 24.2 Å². The molecule has 1 aromatic carbocycles.